The molecule has 0 bridgehead atoms. The molecule has 2 heterocycles. The van der Waals surface area contributed by atoms with E-state index in [1.54, 1.807) is 25.3 Å². The van der Waals surface area contributed by atoms with Gasteiger partial charge in [-0.3, -0.25) is 14.6 Å². The summed E-state index contributed by atoms with van der Waals surface area (Å²) in [5.41, 5.74) is 0.883. The highest BCUT2D eigenvalue weighted by atomic mass is 32.1. The van der Waals surface area contributed by atoms with Gasteiger partial charge in [0.1, 0.15) is 0 Å². The molecular formula is C15H17N3O3S. The summed E-state index contributed by atoms with van der Waals surface area (Å²) >= 11 is 4.97. The van der Waals surface area contributed by atoms with Crippen LogP contribution in [0.5, 0.6) is 0 Å². The van der Waals surface area contributed by atoms with Crippen molar-refractivity contribution >= 4 is 29.0 Å². The Bertz CT molecular complexity index is 827. The number of likely N-dealkylation sites (tertiary alicyclic amines) is 1. The zero-order valence-corrected chi connectivity index (χ0v) is 13.0. The summed E-state index contributed by atoms with van der Waals surface area (Å²) in [6.45, 7) is 2.11. The highest BCUT2D eigenvalue weighted by molar-refractivity contribution is 7.71. The molecule has 0 saturated carbocycles. The van der Waals surface area contributed by atoms with Crippen LogP contribution in [0.15, 0.2) is 23.0 Å². The van der Waals surface area contributed by atoms with Gasteiger partial charge in [0.2, 0.25) is 0 Å². The highest BCUT2D eigenvalue weighted by Crippen LogP contribution is 2.20. The van der Waals surface area contributed by atoms with Crippen LogP contribution >= 0.6 is 12.2 Å². The van der Waals surface area contributed by atoms with Gasteiger partial charge in [-0.1, -0.05) is 0 Å². The first-order valence-corrected chi connectivity index (χ1v) is 7.54. The van der Waals surface area contributed by atoms with Crippen LogP contribution in [0.1, 0.15) is 16.8 Å². The largest absolute Gasteiger partial charge is 0.384 e. The molecule has 6 nitrogen and oxygen atoms in total. The van der Waals surface area contributed by atoms with Crippen LogP contribution in [0.2, 0.25) is 0 Å². The number of methoxy groups -OCH3 is 1. The molecule has 0 radical (unpaired) electrons. The Morgan fingerprint density at radius 2 is 2.27 bits per heavy atom. The molecule has 1 aliphatic heterocycles. The Kier molecular flexibility index (Phi) is 4.08. The van der Waals surface area contributed by atoms with Gasteiger partial charge in [-0.05, 0) is 36.8 Å². The van der Waals surface area contributed by atoms with Crippen molar-refractivity contribution in [1.82, 2.24) is 14.9 Å². The number of ether oxygens (including phenoxy) is 1. The number of aromatic amines is 2. The molecule has 2 aromatic rings. The van der Waals surface area contributed by atoms with Crippen molar-refractivity contribution in [3.8, 4) is 0 Å². The van der Waals surface area contributed by atoms with Crippen molar-refractivity contribution in [2.24, 2.45) is 5.92 Å². The third-order valence-corrected chi connectivity index (χ3v) is 4.17. The van der Waals surface area contributed by atoms with Gasteiger partial charge < -0.3 is 14.6 Å². The fourth-order valence-corrected chi connectivity index (χ4v) is 3.08. The van der Waals surface area contributed by atoms with Crippen molar-refractivity contribution in [3.63, 3.8) is 0 Å². The minimum Gasteiger partial charge on any atom is -0.384 e. The number of rotatable bonds is 3. The van der Waals surface area contributed by atoms with E-state index in [0.717, 1.165) is 13.0 Å². The molecule has 22 heavy (non-hydrogen) atoms. The van der Waals surface area contributed by atoms with E-state index in [-0.39, 0.29) is 16.2 Å². The maximum atomic E-state index is 12.6. The Labute approximate surface area is 132 Å². The maximum absolute atomic E-state index is 12.6. The molecule has 1 aromatic carbocycles. The van der Waals surface area contributed by atoms with E-state index in [0.29, 0.717) is 35.5 Å². The van der Waals surface area contributed by atoms with Crippen molar-refractivity contribution in [2.75, 3.05) is 26.8 Å². The molecule has 0 aliphatic carbocycles. The van der Waals surface area contributed by atoms with Gasteiger partial charge in [0.15, 0.2) is 4.77 Å². The molecule has 1 saturated heterocycles. The molecular weight excluding hydrogens is 302 g/mol. The summed E-state index contributed by atoms with van der Waals surface area (Å²) in [5.74, 6) is 0.364. The molecule has 1 aromatic heterocycles. The Balaban J connectivity index is 1.89. The second-order valence-electron chi connectivity index (χ2n) is 5.53. The Morgan fingerprint density at radius 1 is 1.45 bits per heavy atom. The summed E-state index contributed by atoms with van der Waals surface area (Å²) in [6.07, 6.45) is 0.954. The normalized spacial score (nSPS) is 18.0. The minimum absolute atomic E-state index is 0.0277. The topological polar surface area (TPSA) is 78.2 Å². The predicted molar refractivity (Wildman–Crippen MR) is 85.6 cm³/mol. The lowest BCUT2D eigenvalue weighted by molar-refractivity contribution is 0.0775. The number of carbonyl (C=O) groups is 1. The fourth-order valence-electron chi connectivity index (χ4n) is 2.87. The monoisotopic (exact) mass is 319 g/mol. The number of hydrogen-bond acceptors (Lipinski definition) is 4. The van der Waals surface area contributed by atoms with E-state index in [1.165, 1.54) is 0 Å². The smallest absolute Gasteiger partial charge is 0.259 e. The van der Waals surface area contributed by atoms with Gasteiger partial charge in [-0.2, -0.15) is 0 Å². The van der Waals surface area contributed by atoms with E-state index >= 15 is 0 Å². The summed E-state index contributed by atoms with van der Waals surface area (Å²) in [7, 11) is 1.67. The average molecular weight is 319 g/mol. The fraction of sp³-hybridized carbons (Fsp3) is 0.400. The number of hydrogen-bond donors (Lipinski definition) is 2. The number of nitrogens with one attached hydrogen (secondary N) is 2. The van der Waals surface area contributed by atoms with Crippen molar-refractivity contribution in [1.29, 1.82) is 0 Å². The number of H-pyrrole nitrogens is 2. The molecule has 1 atom stereocenters. The number of benzene rings is 1. The van der Waals surface area contributed by atoms with Crippen molar-refractivity contribution < 1.29 is 9.53 Å². The molecule has 7 heteroatoms. The highest BCUT2D eigenvalue weighted by Gasteiger charge is 2.26. The van der Waals surface area contributed by atoms with Gasteiger partial charge in [-0.15, -0.1) is 0 Å². The summed E-state index contributed by atoms with van der Waals surface area (Å²) in [6, 6.07) is 5.02. The van der Waals surface area contributed by atoms with Crippen LogP contribution < -0.4 is 5.56 Å². The molecule has 0 unspecified atom stereocenters. The van der Waals surface area contributed by atoms with Gasteiger partial charge in [-0.25, -0.2) is 0 Å². The first kappa shape index (κ1) is 14.9. The quantitative estimate of drug-likeness (QED) is 0.844. The van der Waals surface area contributed by atoms with Crippen LogP contribution in [0.25, 0.3) is 10.9 Å². The van der Waals surface area contributed by atoms with Crippen LogP contribution in [0, 0.1) is 10.7 Å². The number of nitrogens with zero attached hydrogens (tertiary/aromatic N) is 1. The van der Waals surface area contributed by atoms with E-state index < -0.39 is 0 Å². The Morgan fingerprint density at radius 3 is 3.05 bits per heavy atom. The van der Waals surface area contributed by atoms with Gasteiger partial charge in [0, 0.05) is 31.7 Å². The first-order valence-electron chi connectivity index (χ1n) is 7.13. The number of carbonyl (C=O) groups excluding carboxylic acids is 1. The van der Waals surface area contributed by atoms with Gasteiger partial charge in [0.05, 0.1) is 17.5 Å². The van der Waals surface area contributed by atoms with Crippen LogP contribution in [0.3, 0.4) is 0 Å². The second kappa shape index (κ2) is 6.02. The van der Waals surface area contributed by atoms with Crippen LogP contribution in [0.4, 0.5) is 0 Å². The molecule has 2 N–H and O–H groups in total. The van der Waals surface area contributed by atoms with Crippen LogP contribution in [-0.4, -0.2) is 47.6 Å². The lowest BCUT2D eigenvalue weighted by Crippen LogP contribution is -2.29. The lowest BCUT2D eigenvalue weighted by Gasteiger charge is -2.16. The lowest BCUT2D eigenvalue weighted by atomic mass is 10.1. The van der Waals surface area contributed by atoms with Crippen LogP contribution in [-0.2, 0) is 4.74 Å². The Hall–Kier alpha value is -1.99. The average Bonchev–Trinajstić information content (AvgIpc) is 2.94. The second-order valence-corrected chi connectivity index (χ2v) is 5.94. The third kappa shape index (κ3) is 2.82. The zero-order chi connectivity index (χ0) is 15.7. The first-order chi connectivity index (χ1) is 10.6. The maximum Gasteiger partial charge on any atom is 0.259 e. The van der Waals surface area contributed by atoms with Gasteiger partial charge in [0.25, 0.3) is 11.5 Å². The molecule has 1 fully saturated rings. The van der Waals surface area contributed by atoms with E-state index in [9.17, 15) is 9.59 Å². The molecule has 3 rings (SSSR count). The summed E-state index contributed by atoms with van der Waals surface area (Å²) < 4.78 is 5.40. The summed E-state index contributed by atoms with van der Waals surface area (Å²) in [5, 5.41) is 0.490. The van der Waals surface area contributed by atoms with Crippen molar-refractivity contribution in [2.45, 2.75) is 6.42 Å². The molecule has 1 amide bonds. The molecule has 1 aliphatic rings. The van der Waals surface area contributed by atoms with E-state index in [1.807, 2.05) is 4.90 Å². The standard InChI is InChI=1S/C15H17N3O3S/c1-21-8-9-4-5-18(7-9)14(20)10-2-3-11-12(6-10)16-15(22)17-13(11)19/h2-3,6,9H,4-5,7-8H2,1H3,(H2,16,17,19,22)/t9-/m0/s1. The number of amides is 1. The SMILES string of the molecule is COC[C@H]1CCN(C(=O)c2ccc3c(=O)[nH]c(=S)[nH]c3c2)C1. The van der Waals surface area contributed by atoms with E-state index in [2.05, 4.69) is 9.97 Å². The van der Waals surface area contributed by atoms with Gasteiger partial charge >= 0.3 is 0 Å². The number of aromatic nitrogens is 2. The predicted octanol–water partition coefficient (Wildman–Crippen LogP) is 1.69. The van der Waals surface area contributed by atoms with Crippen molar-refractivity contribution in [3.05, 3.63) is 38.9 Å². The minimum atomic E-state index is -0.251. The third-order valence-electron chi connectivity index (χ3n) is 3.96. The summed E-state index contributed by atoms with van der Waals surface area (Å²) in [4.78, 5) is 31.6. The molecule has 0 spiro atoms. The molecule has 116 valence electrons. The number of fused-ring (bicyclic) bond motifs is 1. The zero-order valence-electron chi connectivity index (χ0n) is 12.2. The van der Waals surface area contributed by atoms with E-state index in [4.69, 9.17) is 17.0 Å².